The summed E-state index contributed by atoms with van der Waals surface area (Å²) in [5, 5.41) is 0. The van der Waals surface area contributed by atoms with Crippen LogP contribution in [0.25, 0.3) is 0 Å². The van der Waals surface area contributed by atoms with Gasteiger partial charge < -0.3 is 9.47 Å². The molecule has 1 rings (SSSR count). The zero-order valence-electron chi connectivity index (χ0n) is 11.1. The Balaban J connectivity index is 2.79. The highest BCUT2D eigenvalue weighted by atomic mass is 16.5. The Morgan fingerprint density at radius 2 is 1.76 bits per heavy atom. The Morgan fingerprint density at radius 1 is 1.24 bits per heavy atom. The van der Waals surface area contributed by atoms with Crippen LogP contribution in [0.3, 0.4) is 0 Å². The van der Waals surface area contributed by atoms with Crippen molar-refractivity contribution >= 4 is 11.8 Å². The second kappa shape index (κ2) is 5.63. The average Bonchev–Trinajstić information content (AvgIpc) is 2.37. The van der Waals surface area contributed by atoms with Gasteiger partial charge in [-0.05, 0) is 38.5 Å². The van der Waals surface area contributed by atoms with Gasteiger partial charge in [0.25, 0.3) is 0 Å². The summed E-state index contributed by atoms with van der Waals surface area (Å²) in [7, 11) is 2.85. The van der Waals surface area contributed by atoms with Crippen LogP contribution in [0.1, 0.15) is 39.5 Å². The van der Waals surface area contributed by atoms with Crippen molar-refractivity contribution in [1.29, 1.82) is 0 Å². The molecule has 0 heterocycles. The van der Waals surface area contributed by atoms with Crippen molar-refractivity contribution < 1.29 is 19.1 Å². The first-order valence-corrected chi connectivity index (χ1v) is 6.14. The van der Waals surface area contributed by atoms with Crippen molar-refractivity contribution in [3.63, 3.8) is 0 Å². The van der Waals surface area contributed by atoms with Crippen LogP contribution in [-0.4, -0.2) is 31.6 Å². The molecule has 4 heteroatoms. The summed E-state index contributed by atoms with van der Waals surface area (Å²) >= 11 is 0. The molecular formula is C13H22O4. The smallest absolute Gasteiger partial charge is 0.316 e. The molecule has 0 aromatic heterocycles. The highest BCUT2D eigenvalue weighted by Gasteiger charge is 2.45. The minimum absolute atomic E-state index is 0.140. The quantitative estimate of drug-likeness (QED) is 0.558. The molecule has 1 fully saturated rings. The van der Waals surface area contributed by atoms with E-state index in [0.717, 1.165) is 12.8 Å². The van der Waals surface area contributed by atoms with E-state index >= 15 is 0 Å². The summed E-state index contributed by atoms with van der Waals surface area (Å²) in [5.41, 5.74) is -0.778. The number of carbonyl (C=O) groups excluding carboxylic acids is 2. The summed E-state index contributed by atoms with van der Waals surface area (Å²) in [6.07, 6.45) is 3.33. The van der Waals surface area contributed by atoms with Crippen LogP contribution in [-0.2, 0) is 19.1 Å². The molecule has 98 valence electrons. The second-order valence-electron chi connectivity index (χ2n) is 4.99. The first-order chi connectivity index (χ1) is 7.96. The zero-order valence-corrected chi connectivity index (χ0v) is 11.1. The van der Waals surface area contributed by atoms with Crippen LogP contribution in [0.5, 0.6) is 0 Å². The van der Waals surface area contributed by atoms with Crippen molar-refractivity contribution in [2.24, 2.45) is 11.8 Å². The van der Waals surface area contributed by atoms with Gasteiger partial charge in [-0.15, -0.1) is 0 Å². The third-order valence-corrected chi connectivity index (χ3v) is 3.87. The van der Waals surface area contributed by atoms with Crippen LogP contribution in [0.4, 0.5) is 0 Å². The summed E-state index contributed by atoms with van der Waals surface area (Å²) in [6.45, 7) is 3.76. The predicted molar refractivity (Wildman–Crippen MR) is 63.6 cm³/mol. The molecule has 0 N–H and O–H groups in total. The molecule has 0 bridgehead atoms. The Kier molecular flexibility index (Phi) is 4.69. The molecule has 0 radical (unpaired) electrons. The number of rotatable bonds is 4. The number of esters is 1. The molecule has 0 amide bonds. The lowest BCUT2D eigenvalue weighted by molar-refractivity contribution is -0.160. The van der Waals surface area contributed by atoms with Crippen LogP contribution < -0.4 is 0 Å². The first kappa shape index (κ1) is 14.2. The Morgan fingerprint density at radius 3 is 2.18 bits per heavy atom. The standard InChI is InChI=1S/C13H22O4/c1-9-5-7-13(17-4,8-6-9)11(14)10(2)12(15)16-3/h9-10H,5-8H2,1-4H3. The number of ketones is 1. The molecule has 0 aliphatic heterocycles. The third-order valence-electron chi connectivity index (χ3n) is 3.87. The van der Waals surface area contributed by atoms with Crippen molar-refractivity contribution in [3.05, 3.63) is 0 Å². The van der Waals surface area contributed by atoms with E-state index in [2.05, 4.69) is 11.7 Å². The first-order valence-electron chi connectivity index (χ1n) is 6.14. The molecule has 0 aromatic rings. The van der Waals surface area contributed by atoms with Gasteiger partial charge in [0.1, 0.15) is 11.5 Å². The molecule has 1 unspecified atom stereocenters. The number of methoxy groups -OCH3 is 2. The zero-order chi connectivity index (χ0) is 13.1. The fraction of sp³-hybridized carbons (Fsp3) is 0.846. The predicted octanol–water partition coefficient (Wildman–Crippen LogP) is 1.96. The Hall–Kier alpha value is -0.900. The largest absolute Gasteiger partial charge is 0.468 e. The fourth-order valence-electron chi connectivity index (χ4n) is 2.46. The van der Waals surface area contributed by atoms with Crippen molar-refractivity contribution in [2.45, 2.75) is 45.1 Å². The van der Waals surface area contributed by atoms with Gasteiger partial charge in [0.05, 0.1) is 7.11 Å². The van der Waals surface area contributed by atoms with Gasteiger partial charge in [-0.25, -0.2) is 0 Å². The number of ether oxygens (including phenoxy) is 2. The van der Waals surface area contributed by atoms with Gasteiger partial charge >= 0.3 is 5.97 Å². The molecular weight excluding hydrogens is 220 g/mol. The maximum Gasteiger partial charge on any atom is 0.316 e. The van der Waals surface area contributed by atoms with E-state index in [0.29, 0.717) is 18.8 Å². The molecule has 17 heavy (non-hydrogen) atoms. The minimum Gasteiger partial charge on any atom is -0.468 e. The molecule has 1 saturated carbocycles. The molecule has 1 atom stereocenters. The Bertz CT molecular complexity index is 290. The highest BCUT2D eigenvalue weighted by Crippen LogP contribution is 2.36. The van der Waals surface area contributed by atoms with Gasteiger partial charge in [-0.1, -0.05) is 6.92 Å². The molecule has 0 spiro atoms. The summed E-state index contributed by atoms with van der Waals surface area (Å²) in [4.78, 5) is 23.8. The van der Waals surface area contributed by atoms with Gasteiger partial charge in [0, 0.05) is 7.11 Å². The van der Waals surface area contributed by atoms with Crippen molar-refractivity contribution in [1.82, 2.24) is 0 Å². The fourth-order valence-corrected chi connectivity index (χ4v) is 2.46. The summed E-state index contributed by atoms with van der Waals surface area (Å²) in [5.74, 6) is -0.739. The lowest BCUT2D eigenvalue weighted by Crippen LogP contribution is -2.48. The average molecular weight is 242 g/mol. The normalized spacial score (nSPS) is 30.7. The number of hydrogen-bond donors (Lipinski definition) is 0. The van der Waals surface area contributed by atoms with Crippen LogP contribution in [0, 0.1) is 11.8 Å². The van der Waals surface area contributed by atoms with Crippen LogP contribution in [0.15, 0.2) is 0 Å². The molecule has 0 aromatic carbocycles. The molecule has 1 aliphatic carbocycles. The van der Waals surface area contributed by atoms with Gasteiger partial charge in [-0.3, -0.25) is 9.59 Å². The van der Waals surface area contributed by atoms with E-state index in [1.807, 2.05) is 0 Å². The van der Waals surface area contributed by atoms with E-state index in [9.17, 15) is 9.59 Å². The Labute approximate surface area is 103 Å². The lowest BCUT2D eigenvalue weighted by Gasteiger charge is -2.38. The highest BCUT2D eigenvalue weighted by molar-refractivity contribution is 6.03. The third kappa shape index (κ3) is 2.86. The van der Waals surface area contributed by atoms with Gasteiger partial charge in [0.15, 0.2) is 5.78 Å². The van der Waals surface area contributed by atoms with Gasteiger partial charge in [0.2, 0.25) is 0 Å². The lowest BCUT2D eigenvalue weighted by atomic mass is 9.74. The number of Topliss-reactive ketones (excluding diaryl/α,β-unsaturated/α-hetero) is 1. The van der Waals surface area contributed by atoms with E-state index in [1.165, 1.54) is 7.11 Å². The van der Waals surface area contributed by atoms with Gasteiger partial charge in [-0.2, -0.15) is 0 Å². The topological polar surface area (TPSA) is 52.6 Å². The molecule has 4 nitrogen and oxygen atoms in total. The SMILES string of the molecule is COC(=O)C(C)C(=O)C1(OC)CCC(C)CC1. The summed E-state index contributed by atoms with van der Waals surface area (Å²) < 4.78 is 10.1. The number of hydrogen-bond acceptors (Lipinski definition) is 4. The maximum atomic E-state index is 12.3. The van der Waals surface area contributed by atoms with E-state index in [-0.39, 0.29) is 5.78 Å². The van der Waals surface area contributed by atoms with Crippen molar-refractivity contribution in [2.75, 3.05) is 14.2 Å². The maximum absolute atomic E-state index is 12.3. The van der Waals surface area contributed by atoms with E-state index in [4.69, 9.17) is 4.74 Å². The molecule has 0 saturated heterocycles. The van der Waals surface area contributed by atoms with E-state index in [1.54, 1.807) is 14.0 Å². The summed E-state index contributed by atoms with van der Waals surface area (Å²) in [6, 6.07) is 0. The minimum atomic E-state index is -0.778. The second-order valence-corrected chi connectivity index (χ2v) is 4.99. The van der Waals surface area contributed by atoms with E-state index < -0.39 is 17.5 Å². The number of carbonyl (C=O) groups is 2. The van der Waals surface area contributed by atoms with Crippen molar-refractivity contribution in [3.8, 4) is 0 Å². The monoisotopic (exact) mass is 242 g/mol. The molecule has 1 aliphatic rings. The van der Waals surface area contributed by atoms with Crippen LogP contribution >= 0.6 is 0 Å². The van der Waals surface area contributed by atoms with Crippen LogP contribution in [0.2, 0.25) is 0 Å².